The van der Waals surface area contributed by atoms with E-state index in [0.717, 1.165) is 23.1 Å². The standard InChI is InChI=1S/C43H38N4O5/c1-28-20-29-10-6-7-11-30(29)26-47(28)43(51)37-22-32-25-45(41(49)27-52-35-12-4-3-5-13-35)24-31(32)21-36(37)40-23-38(39-14-8-9-19-46(39)40)42(50)44(2)33-15-17-34(48)18-16-33/h3-19,21-23,28,48H,20,24-27H2,1-2H3/t28-/m1/s1. The summed E-state index contributed by atoms with van der Waals surface area (Å²) in [6.45, 7) is 3.22. The van der Waals surface area contributed by atoms with Crippen LogP contribution in [0.3, 0.4) is 0 Å². The minimum absolute atomic E-state index is 0.0307. The van der Waals surface area contributed by atoms with Crippen molar-refractivity contribution in [1.82, 2.24) is 14.2 Å². The number of fused-ring (bicyclic) bond motifs is 3. The van der Waals surface area contributed by atoms with Crippen molar-refractivity contribution in [2.45, 2.75) is 39.0 Å². The smallest absolute Gasteiger partial charge is 0.261 e. The maximum absolute atomic E-state index is 14.8. The summed E-state index contributed by atoms with van der Waals surface area (Å²) < 4.78 is 7.74. The number of hydrogen-bond acceptors (Lipinski definition) is 5. The zero-order chi connectivity index (χ0) is 35.9. The Labute approximate surface area is 301 Å². The molecule has 260 valence electrons. The molecule has 9 heteroatoms. The largest absolute Gasteiger partial charge is 0.508 e. The summed E-state index contributed by atoms with van der Waals surface area (Å²) in [5.41, 5.74) is 7.95. The Kier molecular flexibility index (Phi) is 8.47. The fourth-order valence-electron chi connectivity index (χ4n) is 7.38. The van der Waals surface area contributed by atoms with Gasteiger partial charge in [-0.05, 0) is 102 Å². The lowest BCUT2D eigenvalue weighted by Gasteiger charge is -2.35. The summed E-state index contributed by atoms with van der Waals surface area (Å²) in [5.74, 6) is 0.268. The van der Waals surface area contributed by atoms with E-state index in [0.29, 0.717) is 59.0 Å². The van der Waals surface area contributed by atoms with E-state index in [1.807, 2.05) is 94.4 Å². The van der Waals surface area contributed by atoms with Crippen LogP contribution in [0, 0.1) is 0 Å². The summed E-state index contributed by atoms with van der Waals surface area (Å²) in [5, 5.41) is 9.82. The van der Waals surface area contributed by atoms with Crippen LogP contribution in [0.2, 0.25) is 0 Å². The molecule has 0 radical (unpaired) electrons. The van der Waals surface area contributed by atoms with E-state index in [4.69, 9.17) is 4.74 Å². The number of aromatic hydroxyl groups is 1. The van der Waals surface area contributed by atoms with Gasteiger partial charge in [-0.1, -0.05) is 48.5 Å². The van der Waals surface area contributed by atoms with Gasteiger partial charge in [-0.25, -0.2) is 0 Å². The Morgan fingerprint density at radius 1 is 0.769 bits per heavy atom. The molecule has 0 fully saturated rings. The summed E-state index contributed by atoms with van der Waals surface area (Å²) in [6, 6.07) is 35.5. The molecule has 0 spiro atoms. The average molecular weight is 691 g/mol. The van der Waals surface area contributed by atoms with Gasteiger partial charge in [0.1, 0.15) is 11.5 Å². The molecule has 52 heavy (non-hydrogen) atoms. The number of amides is 3. The summed E-state index contributed by atoms with van der Waals surface area (Å²) in [4.78, 5) is 47.5. The highest BCUT2D eigenvalue weighted by molar-refractivity contribution is 6.12. The Bertz CT molecular complexity index is 2330. The van der Waals surface area contributed by atoms with Crippen molar-refractivity contribution in [3.8, 4) is 22.8 Å². The van der Waals surface area contributed by atoms with Gasteiger partial charge < -0.3 is 28.9 Å². The fraction of sp³-hybridized carbons (Fsp3) is 0.186. The van der Waals surface area contributed by atoms with Crippen molar-refractivity contribution < 1.29 is 24.2 Å². The van der Waals surface area contributed by atoms with E-state index >= 15 is 0 Å². The van der Waals surface area contributed by atoms with Crippen molar-refractivity contribution in [3.63, 3.8) is 0 Å². The second kappa shape index (κ2) is 13.4. The summed E-state index contributed by atoms with van der Waals surface area (Å²) >= 11 is 0. The Balaban J connectivity index is 1.19. The number of anilines is 1. The third-order valence-corrected chi connectivity index (χ3v) is 10.2. The number of aromatic nitrogens is 1. The molecule has 1 atom stereocenters. The molecular weight excluding hydrogens is 652 g/mol. The maximum atomic E-state index is 14.8. The van der Waals surface area contributed by atoms with Crippen LogP contribution in [0.4, 0.5) is 5.69 Å². The van der Waals surface area contributed by atoms with E-state index in [2.05, 4.69) is 19.1 Å². The van der Waals surface area contributed by atoms with Crippen molar-refractivity contribution in [2.24, 2.45) is 0 Å². The van der Waals surface area contributed by atoms with Gasteiger partial charge in [0.15, 0.2) is 6.61 Å². The predicted molar refractivity (Wildman–Crippen MR) is 199 cm³/mol. The van der Waals surface area contributed by atoms with Crippen LogP contribution in [0.25, 0.3) is 16.8 Å². The first-order chi connectivity index (χ1) is 25.2. The quantitative estimate of drug-likeness (QED) is 0.193. The fourth-order valence-corrected chi connectivity index (χ4v) is 7.38. The van der Waals surface area contributed by atoms with Crippen molar-refractivity contribution >= 4 is 28.9 Å². The number of ether oxygens (including phenoxy) is 1. The first kappa shape index (κ1) is 32.8. The van der Waals surface area contributed by atoms with Gasteiger partial charge in [0, 0.05) is 55.7 Å². The number of rotatable bonds is 7. The van der Waals surface area contributed by atoms with Gasteiger partial charge in [0.05, 0.1) is 16.8 Å². The molecule has 3 amide bonds. The lowest BCUT2D eigenvalue weighted by molar-refractivity contribution is -0.134. The first-order valence-electron chi connectivity index (χ1n) is 17.4. The maximum Gasteiger partial charge on any atom is 0.261 e. The van der Waals surface area contributed by atoms with Crippen LogP contribution >= 0.6 is 0 Å². The number of benzene rings is 4. The zero-order valence-corrected chi connectivity index (χ0v) is 29.0. The van der Waals surface area contributed by atoms with E-state index in [9.17, 15) is 19.5 Å². The topological polar surface area (TPSA) is 94.8 Å². The number of hydrogen-bond donors (Lipinski definition) is 1. The predicted octanol–water partition coefficient (Wildman–Crippen LogP) is 7.10. The van der Waals surface area contributed by atoms with Gasteiger partial charge in [0.2, 0.25) is 0 Å². The molecule has 0 saturated heterocycles. The molecule has 4 heterocycles. The van der Waals surface area contributed by atoms with E-state index in [1.54, 1.807) is 41.1 Å². The molecule has 6 aromatic rings. The number of phenolic OH excluding ortho intramolecular Hbond substituents is 1. The molecule has 1 N–H and O–H groups in total. The van der Waals surface area contributed by atoms with Crippen LogP contribution < -0.4 is 9.64 Å². The number of nitrogens with zero attached hydrogens (tertiary/aromatic N) is 4. The van der Waals surface area contributed by atoms with Gasteiger partial charge in [-0.2, -0.15) is 0 Å². The Hall–Kier alpha value is -6.35. The molecule has 0 unspecified atom stereocenters. The molecule has 0 saturated carbocycles. The lowest BCUT2D eigenvalue weighted by atomic mass is 9.92. The van der Waals surface area contributed by atoms with Crippen molar-refractivity contribution in [1.29, 1.82) is 0 Å². The second-order valence-electron chi connectivity index (χ2n) is 13.6. The summed E-state index contributed by atoms with van der Waals surface area (Å²) in [6.07, 6.45) is 2.65. The number of pyridine rings is 1. The van der Waals surface area contributed by atoms with Crippen LogP contribution in [-0.4, -0.2) is 56.7 Å². The highest BCUT2D eigenvalue weighted by atomic mass is 16.5. The average Bonchev–Trinajstić information content (AvgIpc) is 3.78. The second-order valence-corrected chi connectivity index (χ2v) is 13.6. The molecule has 2 aliphatic heterocycles. The molecule has 2 aromatic heterocycles. The highest BCUT2D eigenvalue weighted by Gasteiger charge is 2.33. The molecule has 2 aliphatic rings. The SMILES string of the molecule is C[C@@H]1Cc2ccccc2CN1C(=O)c1cc2c(cc1-c1cc(C(=O)N(C)c3ccc(O)cc3)c3ccccn13)CN(C(=O)COc1ccccc1)C2. The van der Waals surface area contributed by atoms with Crippen LogP contribution in [0.15, 0.2) is 121 Å². The molecule has 8 rings (SSSR count). The zero-order valence-electron chi connectivity index (χ0n) is 29.0. The van der Waals surface area contributed by atoms with Crippen LogP contribution in [0.1, 0.15) is 49.9 Å². The lowest BCUT2D eigenvalue weighted by Crippen LogP contribution is -2.42. The third kappa shape index (κ3) is 6.04. The van der Waals surface area contributed by atoms with E-state index < -0.39 is 0 Å². The summed E-state index contributed by atoms with van der Waals surface area (Å²) in [7, 11) is 1.70. The van der Waals surface area contributed by atoms with E-state index in [-0.39, 0.29) is 36.1 Å². The number of para-hydroxylation sites is 1. The normalized spacial score (nSPS) is 14.9. The van der Waals surface area contributed by atoms with Crippen LogP contribution in [0.5, 0.6) is 11.5 Å². The van der Waals surface area contributed by atoms with Crippen molar-refractivity contribution in [3.05, 3.63) is 155 Å². The van der Waals surface area contributed by atoms with Crippen LogP contribution in [-0.2, 0) is 30.8 Å². The number of phenols is 1. The molecular formula is C43H38N4O5. The van der Waals surface area contributed by atoms with Gasteiger partial charge in [0.25, 0.3) is 17.7 Å². The molecule has 0 aliphatic carbocycles. The minimum Gasteiger partial charge on any atom is -0.508 e. The Morgan fingerprint density at radius 3 is 2.23 bits per heavy atom. The molecule has 4 aromatic carbocycles. The van der Waals surface area contributed by atoms with Crippen molar-refractivity contribution in [2.75, 3.05) is 18.6 Å². The number of carbonyl (C=O) groups excluding carboxylic acids is 3. The minimum atomic E-state index is -0.230. The van der Waals surface area contributed by atoms with Gasteiger partial charge >= 0.3 is 0 Å². The number of carbonyl (C=O) groups is 3. The monoisotopic (exact) mass is 690 g/mol. The highest BCUT2D eigenvalue weighted by Crippen LogP contribution is 2.37. The molecule has 9 nitrogen and oxygen atoms in total. The first-order valence-corrected chi connectivity index (χ1v) is 17.4. The molecule has 0 bridgehead atoms. The Morgan fingerprint density at radius 2 is 1.46 bits per heavy atom. The van der Waals surface area contributed by atoms with Gasteiger partial charge in [-0.15, -0.1) is 0 Å². The van der Waals surface area contributed by atoms with E-state index in [1.165, 1.54) is 5.56 Å². The van der Waals surface area contributed by atoms with Gasteiger partial charge in [-0.3, -0.25) is 14.4 Å². The third-order valence-electron chi connectivity index (χ3n) is 10.2.